The molecule has 3 aromatic heterocycles. The topological polar surface area (TPSA) is 203 Å². The lowest BCUT2D eigenvalue weighted by molar-refractivity contribution is -0.137. The van der Waals surface area contributed by atoms with E-state index in [4.69, 9.17) is 19.7 Å². The van der Waals surface area contributed by atoms with Crippen molar-refractivity contribution in [2.24, 2.45) is 5.92 Å². The number of fused-ring (bicyclic) bond motifs is 1. The Hall–Kier alpha value is -6.32. The Labute approximate surface area is 336 Å². The van der Waals surface area contributed by atoms with Crippen LogP contribution in [-0.2, 0) is 14.3 Å². The summed E-state index contributed by atoms with van der Waals surface area (Å²) in [5.74, 6) is 0.914. The molecule has 2 aliphatic heterocycles. The van der Waals surface area contributed by atoms with E-state index >= 15 is 0 Å². The van der Waals surface area contributed by atoms with E-state index in [9.17, 15) is 24.3 Å². The van der Waals surface area contributed by atoms with Gasteiger partial charge in [-0.1, -0.05) is 57.5 Å². The van der Waals surface area contributed by atoms with Crippen LogP contribution in [0.1, 0.15) is 83.0 Å². The van der Waals surface area contributed by atoms with Gasteiger partial charge in [0.25, 0.3) is 0 Å². The molecule has 4 N–H and O–H groups in total. The summed E-state index contributed by atoms with van der Waals surface area (Å²) in [7, 11) is 2.73. The van der Waals surface area contributed by atoms with Crippen molar-refractivity contribution in [3.8, 4) is 33.8 Å². The maximum absolute atomic E-state index is 13.6. The number of H-pyrrole nitrogens is 2. The van der Waals surface area contributed by atoms with Gasteiger partial charge in [-0.2, -0.15) is 0 Å². The number of aromatic nitrogens is 6. The largest absolute Gasteiger partial charge is 0.465 e. The molecule has 5 heterocycles. The predicted octanol–water partition coefficient (Wildman–Crippen LogP) is 6.56. The van der Waals surface area contributed by atoms with Crippen LogP contribution in [0.3, 0.4) is 0 Å². The first-order chi connectivity index (χ1) is 28.0. The minimum Gasteiger partial charge on any atom is -0.465 e. The lowest BCUT2D eigenvalue weighted by atomic mass is 10.0. The van der Waals surface area contributed by atoms with E-state index in [1.165, 1.54) is 14.2 Å². The van der Waals surface area contributed by atoms with Crippen LogP contribution in [0.5, 0.6) is 0 Å². The number of methoxy groups -OCH3 is 1. The first-order valence-electron chi connectivity index (χ1n) is 19.9. The number of likely N-dealkylation sites (tertiary alicyclic amines) is 2. The number of carboxylic acid groups (broad SMARTS) is 1. The molecule has 2 aromatic carbocycles. The molecular weight excluding hydrogens is 741 g/mol. The number of nitrogens with zero attached hydrogens (tertiary/aromatic N) is 7. The summed E-state index contributed by atoms with van der Waals surface area (Å²) >= 11 is 0. The van der Waals surface area contributed by atoms with Crippen LogP contribution in [0.25, 0.3) is 44.8 Å². The van der Waals surface area contributed by atoms with E-state index in [2.05, 4.69) is 20.3 Å². The van der Waals surface area contributed by atoms with Crippen molar-refractivity contribution in [1.29, 1.82) is 0 Å². The fourth-order valence-electron chi connectivity index (χ4n) is 8.03. The number of benzene rings is 2. The van der Waals surface area contributed by atoms with Gasteiger partial charge < -0.3 is 34.9 Å². The zero-order chi connectivity index (χ0) is 41.1. The molecule has 2 fully saturated rings. The van der Waals surface area contributed by atoms with Crippen molar-refractivity contribution in [2.45, 2.75) is 83.5 Å². The number of rotatable bonds is 12. The van der Waals surface area contributed by atoms with E-state index in [1.54, 1.807) is 22.2 Å². The second-order valence-electron chi connectivity index (χ2n) is 15.3. The van der Waals surface area contributed by atoms with Crippen molar-refractivity contribution < 1.29 is 29.0 Å². The van der Waals surface area contributed by atoms with E-state index in [1.807, 2.05) is 69.4 Å². The van der Waals surface area contributed by atoms with Gasteiger partial charge in [-0.25, -0.2) is 24.5 Å². The zero-order valence-electron chi connectivity index (χ0n) is 33.4. The lowest BCUT2D eigenvalue weighted by Crippen LogP contribution is -2.51. The van der Waals surface area contributed by atoms with Crippen LogP contribution >= 0.6 is 0 Å². The molecule has 5 aromatic rings. The van der Waals surface area contributed by atoms with Gasteiger partial charge in [-0.05, 0) is 50.2 Å². The highest BCUT2D eigenvalue weighted by molar-refractivity contribution is 5.87. The van der Waals surface area contributed by atoms with E-state index in [0.717, 1.165) is 75.4 Å². The molecule has 304 valence electrons. The second kappa shape index (κ2) is 17.0. The number of hydrogen-bond acceptors (Lipinski definition) is 9. The van der Waals surface area contributed by atoms with Gasteiger partial charge in [0.15, 0.2) is 0 Å². The Kier molecular flexibility index (Phi) is 11.7. The smallest absolute Gasteiger partial charge is 0.407 e. The molecule has 4 atom stereocenters. The molecule has 7 rings (SSSR count). The maximum atomic E-state index is 13.6. The van der Waals surface area contributed by atoms with Crippen LogP contribution in [0.15, 0.2) is 61.1 Å². The fraction of sp³-hybridized carbons (Fsp3) is 0.429. The lowest BCUT2D eigenvalue weighted by Gasteiger charge is -2.31. The van der Waals surface area contributed by atoms with Gasteiger partial charge in [0, 0.05) is 43.0 Å². The maximum Gasteiger partial charge on any atom is 0.407 e. The molecule has 0 saturated carbocycles. The minimum absolute atomic E-state index is 0.116. The standard InChI is InChI=1S/C42H50N10O6/c1-6-9-35(50(4)42(56)57)39(53)51-18-7-10-33(51)37-45-23-32(48-37)27-16-17-28-29(20-27)43-21-30(46-28)25-12-14-26(15-13-25)31-22-44-38(47-31)34-11-8-19-52(34)40(54)36(24(2)3)49-41(55)58-5/h12-17,20-24,33-36H,6-11,18-19H2,1-5H3,(H,44,47)(H,45,48)(H,49,55)(H,56,57)/t33-,34-,35-,36-/m0/s1. The Morgan fingerprint density at radius 3 is 2.19 bits per heavy atom. The van der Waals surface area contributed by atoms with E-state index in [0.29, 0.717) is 37.6 Å². The highest BCUT2D eigenvalue weighted by Crippen LogP contribution is 2.35. The molecule has 2 aliphatic rings. The number of amides is 4. The molecule has 0 spiro atoms. The molecule has 0 unspecified atom stereocenters. The number of imidazole rings is 2. The Morgan fingerprint density at radius 2 is 1.53 bits per heavy atom. The third-order valence-corrected chi connectivity index (χ3v) is 11.2. The van der Waals surface area contributed by atoms with Gasteiger partial charge in [-0.15, -0.1) is 0 Å². The van der Waals surface area contributed by atoms with Crippen LogP contribution in [0.4, 0.5) is 9.59 Å². The van der Waals surface area contributed by atoms with Crippen LogP contribution in [0.2, 0.25) is 0 Å². The molecular formula is C42H50N10O6. The minimum atomic E-state index is -1.12. The quantitative estimate of drug-likeness (QED) is 0.107. The van der Waals surface area contributed by atoms with Crippen molar-refractivity contribution in [2.75, 3.05) is 27.2 Å². The van der Waals surface area contributed by atoms with Crippen molar-refractivity contribution in [3.05, 3.63) is 72.7 Å². The Bertz CT molecular complexity index is 2290. The number of aromatic amines is 2. The fourth-order valence-corrected chi connectivity index (χ4v) is 8.03. The third kappa shape index (κ3) is 8.08. The van der Waals surface area contributed by atoms with Crippen LogP contribution in [0, 0.1) is 5.92 Å². The number of likely N-dealkylation sites (N-methyl/N-ethyl adjacent to an activating group) is 1. The Morgan fingerprint density at radius 1 is 0.879 bits per heavy atom. The molecule has 2 saturated heterocycles. The van der Waals surface area contributed by atoms with Gasteiger partial charge in [0.2, 0.25) is 11.8 Å². The van der Waals surface area contributed by atoms with E-state index < -0.39 is 24.3 Å². The Balaban J connectivity index is 1.03. The van der Waals surface area contributed by atoms with Crippen molar-refractivity contribution in [1.82, 2.24) is 49.9 Å². The summed E-state index contributed by atoms with van der Waals surface area (Å²) in [5, 5.41) is 12.3. The van der Waals surface area contributed by atoms with Crippen LogP contribution in [-0.4, -0.2) is 113 Å². The molecule has 0 bridgehead atoms. The summed E-state index contributed by atoms with van der Waals surface area (Å²) in [6.45, 7) is 6.86. The van der Waals surface area contributed by atoms with Gasteiger partial charge in [0.05, 0.1) is 59.7 Å². The summed E-state index contributed by atoms with van der Waals surface area (Å²) in [6.07, 6.45) is 7.90. The first-order valence-corrected chi connectivity index (χ1v) is 19.9. The average molecular weight is 791 g/mol. The number of nitrogens with one attached hydrogen (secondary N) is 3. The van der Waals surface area contributed by atoms with Crippen molar-refractivity contribution in [3.63, 3.8) is 0 Å². The normalized spacial score (nSPS) is 17.8. The summed E-state index contributed by atoms with van der Waals surface area (Å²) < 4.78 is 4.75. The van der Waals surface area contributed by atoms with Gasteiger partial charge in [-0.3, -0.25) is 19.5 Å². The summed E-state index contributed by atoms with van der Waals surface area (Å²) in [5.41, 5.74) is 6.40. The number of carbonyl (C=O) groups is 4. The van der Waals surface area contributed by atoms with Gasteiger partial charge >= 0.3 is 12.2 Å². The predicted molar refractivity (Wildman–Crippen MR) is 216 cm³/mol. The second-order valence-corrected chi connectivity index (χ2v) is 15.3. The first kappa shape index (κ1) is 39.9. The van der Waals surface area contributed by atoms with Crippen molar-refractivity contribution >= 4 is 35.0 Å². The number of alkyl carbamates (subject to hydrolysis) is 1. The van der Waals surface area contributed by atoms with Gasteiger partial charge in [0.1, 0.15) is 23.7 Å². The third-order valence-electron chi connectivity index (χ3n) is 11.2. The summed E-state index contributed by atoms with van der Waals surface area (Å²) in [4.78, 5) is 81.3. The molecule has 58 heavy (non-hydrogen) atoms. The highest BCUT2D eigenvalue weighted by atomic mass is 16.5. The molecule has 16 heteroatoms. The zero-order valence-corrected chi connectivity index (χ0v) is 33.4. The monoisotopic (exact) mass is 790 g/mol. The number of ether oxygens (including phenoxy) is 1. The van der Waals surface area contributed by atoms with E-state index in [-0.39, 0.29) is 29.8 Å². The van der Waals surface area contributed by atoms with Crippen LogP contribution < -0.4 is 5.32 Å². The molecule has 16 nitrogen and oxygen atoms in total. The highest BCUT2D eigenvalue weighted by Gasteiger charge is 2.39. The molecule has 0 radical (unpaired) electrons. The number of carbonyl (C=O) groups excluding carboxylic acids is 3. The molecule has 4 amide bonds. The number of hydrogen-bond donors (Lipinski definition) is 4. The SMILES string of the molecule is CCC[C@@H](C(=O)N1CCC[C@H]1c1ncc(-c2ccc3nc(-c4ccc(-c5c[nH]c([C@@H]6CCCN6C(=O)[C@@H](NC(=O)OC)C(C)C)n5)cc4)cnc3c2)[nH]1)N(C)C(=O)O. The summed E-state index contributed by atoms with van der Waals surface area (Å²) in [6, 6.07) is 11.9. The average Bonchev–Trinajstić information content (AvgIpc) is 4.07. The molecule has 0 aliphatic carbocycles.